The maximum absolute atomic E-state index is 5.22. The molecular formula is C54H36N2S. The van der Waals surface area contributed by atoms with Gasteiger partial charge < -0.3 is 0 Å². The summed E-state index contributed by atoms with van der Waals surface area (Å²) in [6.45, 7) is 2.36. The maximum Gasteiger partial charge on any atom is 0.160 e. The molecule has 11 rings (SSSR count). The Morgan fingerprint density at radius 2 is 0.947 bits per heavy atom. The average molecular weight is 745 g/mol. The van der Waals surface area contributed by atoms with Crippen LogP contribution in [0.4, 0.5) is 0 Å². The van der Waals surface area contributed by atoms with E-state index in [4.69, 9.17) is 9.97 Å². The van der Waals surface area contributed by atoms with Crippen molar-refractivity contribution in [2.45, 2.75) is 12.3 Å². The van der Waals surface area contributed by atoms with Gasteiger partial charge >= 0.3 is 0 Å². The van der Waals surface area contributed by atoms with E-state index in [0.29, 0.717) is 5.82 Å². The van der Waals surface area contributed by atoms with Gasteiger partial charge in [0, 0.05) is 42.3 Å². The fourth-order valence-electron chi connectivity index (χ4n) is 8.81. The minimum Gasteiger partial charge on any atom is -0.228 e. The summed E-state index contributed by atoms with van der Waals surface area (Å²) in [7, 11) is 0. The van der Waals surface area contributed by atoms with Crippen LogP contribution < -0.4 is 0 Å². The van der Waals surface area contributed by atoms with Gasteiger partial charge in [0.1, 0.15) is 0 Å². The maximum atomic E-state index is 5.22. The fourth-order valence-corrected chi connectivity index (χ4v) is 9.96. The van der Waals surface area contributed by atoms with E-state index >= 15 is 0 Å². The number of rotatable bonds is 6. The third-order valence-electron chi connectivity index (χ3n) is 11.8. The van der Waals surface area contributed by atoms with Gasteiger partial charge in [0.2, 0.25) is 0 Å². The monoisotopic (exact) mass is 744 g/mol. The van der Waals surface area contributed by atoms with Crippen molar-refractivity contribution in [3.05, 3.63) is 217 Å². The zero-order chi connectivity index (χ0) is 37.9. The molecule has 0 N–H and O–H groups in total. The SMILES string of the molecule is CC1(c2ccccc2)c2ccccc2-c2ccc(-c3cc(-c4ccc(-c5cccc(-c6ccc7c(c6)sc6ccccc67)c5)cc4)nc(-c4ccccc4)n3)cc21. The molecule has 2 heterocycles. The lowest BCUT2D eigenvalue weighted by Gasteiger charge is -2.28. The Hall–Kier alpha value is -6.94. The molecule has 1 aliphatic rings. The van der Waals surface area contributed by atoms with E-state index < -0.39 is 0 Å². The second-order valence-corrected chi connectivity index (χ2v) is 16.2. The van der Waals surface area contributed by atoms with Gasteiger partial charge in [-0.15, -0.1) is 11.3 Å². The minimum absolute atomic E-state index is 0.292. The molecule has 0 fully saturated rings. The van der Waals surface area contributed by atoms with Crippen LogP contribution >= 0.6 is 11.3 Å². The molecule has 10 aromatic rings. The van der Waals surface area contributed by atoms with E-state index in [2.05, 4.69) is 189 Å². The van der Waals surface area contributed by atoms with E-state index in [1.54, 1.807) is 0 Å². The van der Waals surface area contributed by atoms with Crippen molar-refractivity contribution in [1.82, 2.24) is 9.97 Å². The molecule has 0 aliphatic heterocycles. The number of aromatic nitrogens is 2. The summed E-state index contributed by atoms with van der Waals surface area (Å²) in [6, 6.07) is 72.2. The number of hydrogen-bond acceptors (Lipinski definition) is 3. The predicted octanol–water partition coefficient (Wildman–Crippen LogP) is 14.5. The van der Waals surface area contributed by atoms with Crippen LogP contribution in [0.25, 0.3) is 87.5 Å². The third kappa shape index (κ3) is 5.62. The van der Waals surface area contributed by atoms with Crippen molar-refractivity contribution in [2.75, 3.05) is 0 Å². The number of nitrogens with zero attached hydrogens (tertiary/aromatic N) is 2. The van der Waals surface area contributed by atoms with Gasteiger partial charge in [0.15, 0.2) is 5.82 Å². The van der Waals surface area contributed by atoms with E-state index in [0.717, 1.165) is 28.1 Å². The normalized spacial score (nSPS) is 14.5. The molecule has 0 saturated carbocycles. The number of thiophene rings is 1. The molecule has 268 valence electrons. The standard InChI is InChI=1S/C54H36N2S/c1-54(42-17-6-3-7-18-42)47-21-10-8-19-43(47)44-29-28-41(32-48(44)54)50-34-49(55-53(56-50)37-13-4-2-5-14-37)36-25-23-35(24-26-36)38-15-12-16-39(31-38)40-27-30-46-45-20-9-11-22-51(45)57-52(46)33-40/h2-34H,1H3. The molecule has 0 amide bonds. The lowest BCUT2D eigenvalue weighted by Crippen LogP contribution is -2.22. The largest absolute Gasteiger partial charge is 0.228 e. The lowest BCUT2D eigenvalue weighted by atomic mass is 9.74. The van der Waals surface area contributed by atoms with Crippen LogP contribution in [0.2, 0.25) is 0 Å². The minimum atomic E-state index is -0.292. The lowest BCUT2D eigenvalue weighted by molar-refractivity contribution is 0.714. The quantitative estimate of drug-likeness (QED) is 0.169. The topological polar surface area (TPSA) is 25.8 Å². The summed E-state index contributed by atoms with van der Waals surface area (Å²) in [5, 5.41) is 2.65. The van der Waals surface area contributed by atoms with Crippen molar-refractivity contribution >= 4 is 31.5 Å². The molecule has 3 heteroatoms. The first-order valence-electron chi connectivity index (χ1n) is 19.5. The van der Waals surface area contributed by atoms with Crippen LogP contribution in [0, 0.1) is 0 Å². The van der Waals surface area contributed by atoms with Crippen LogP contribution in [0.5, 0.6) is 0 Å². The molecule has 1 aliphatic carbocycles. The van der Waals surface area contributed by atoms with Crippen molar-refractivity contribution in [3.63, 3.8) is 0 Å². The molecular weight excluding hydrogens is 709 g/mol. The van der Waals surface area contributed by atoms with Crippen LogP contribution in [0.3, 0.4) is 0 Å². The Labute approximate surface area is 336 Å². The van der Waals surface area contributed by atoms with Crippen LogP contribution in [-0.2, 0) is 5.41 Å². The Bertz CT molecular complexity index is 3130. The first kappa shape index (κ1) is 33.4. The highest BCUT2D eigenvalue weighted by Gasteiger charge is 2.40. The van der Waals surface area contributed by atoms with Crippen molar-refractivity contribution in [2.24, 2.45) is 0 Å². The molecule has 2 aromatic heterocycles. The van der Waals surface area contributed by atoms with Gasteiger partial charge in [-0.05, 0) is 87.3 Å². The average Bonchev–Trinajstić information content (AvgIpc) is 3.79. The second kappa shape index (κ2) is 13.4. The molecule has 2 nitrogen and oxygen atoms in total. The van der Waals surface area contributed by atoms with Crippen molar-refractivity contribution in [3.8, 4) is 67.3 Å². The van der Waals surface area contributed by atoms with E-state index in [9.17, 15) is 0 Å². The molecule has 0 bridgehead atoms. The number of hydrogen-bond donors (Lipinski definition) is 0. The van der Waals surface area contributed by atoms with E-state index in [-0.39, 0.29) is 5.41 Å². The Morgan fingerprint density at radius 1 is 0.368 bits per heavy atom. The summed E-state index contributed by atoms with van der Waals surface area (Å²) in [6.07, 6.45) is 0. The molecule has 8 aromatic carbocycles. The van der Waals surface area contributed by atoms with Gasteiger partial charge in [-0.1, -0.05) is 170 Å². The molecule has 1 unspecified atom stereocenters. The highest BCUT2D eigenvalue weighted by atomic mass is 32.1. The zero-order valence-corrected chi connectivity index (χ0v) is 32.2. The summed E-state index contributed by atoms with van der Waals surface area (Å²) in [5.41, 5.74) is 15.9. The van der Waals surface area contributed by atoms with Gasteiger partial charge in [-0.3, -0.25) is 0 Å². The van der Waals surface area contributed by atoms with Gasteiger partial charge in [-0.25, -0.2) is 9.97 Å². The Balaban J connectivity index is 0.972. The highest BCUT2D eigenvalue weighted by molar-refractivity contribution is 7.25. The van der Waals surface area contributed by atoms with Gasteiger partial charge in [-0.2, -0.15) is 0 Å². The second-order valence-electron chi connectivity index (χ2n) is 15.1. The Morgan fingerprint density at radius 3 is 1.77 bits per heavy atom. The van der Waals surface area contributed by atoms with Gasteiger partial charge in [0.25, 0.3) is 0 Å². The molecule has 57 heavy (non-hydrogen) atoms. The highest BCUT2D eigenvalue weighted by Crippen LogP contribution is 2.53. The summed E-state index contributed by atoms with van der Waals surface area (Å²) in [5.74, 6) is 0.713. The van der Waals surface area contributed by atoms with Crippen LogP contribution in [0.1, 0.15) is 23.6 Å². The summed E-state index contributed by atoms with van der Waals surface area (Å²) < 4.78 is 2.65. The predicted molar refractivity (Wildman–Crippen MR) is 240 cm³/mol. The van der Waals surface area contributed by atoms with Crippen LogP contribution in [-0.4, -0.2) is 9.97 Å². The van der Waals surface area contributed by atoms with E-state index in [1.807, 2.05) is 29.5 Å². The van der Waals surface area contributed by atoms with Crippen molar-refractivity contribution in [1.29, 1.82) is 0 Å². The number of fused-ring (bicyclic) bond motifs is 6. The Kier molecular flexibility index (Phi) is 7.84. The summed E-state index contributed by atoms with van der Waals surface area (Å²) in [4.78, 5) is 10.4. The van der Waals surface area contributed by atoms with Crippen LogP contribution in [0.15, 0.2) is 200 Å². The zero-order valence-electron chi connectivity index (χ0n) is 31.4. The molecule has 0 radical (unpaired) electrons. The van der Waals surface area contributed by atoms with Crippen molar-refractivity contribution < 1.29 is 0 Å². The third-order valence-corrected chi connectivity index (χ3v) is 12.9. The van der Waals surface area contributed by atoms with E-state index in [1.165, 1.54) is 70.2 Å². The van der Waals surface area contributed by atoms with Gasteiger partial charge in [0.05, 0.1) is 11.4 Å². The smallest absolute Gasteiger partial charge is 0.160 e. The first-order valence-corrected chi connectivity index (χ1v) is 20.3. The first-order chi connectivity index (χ1) is 28.1. The molecule has 0 saturated heterocycles. The summed E-state index contributed by atoms with van der Waals surface area (Å²) >= 11 is 1.86. The number of benzene rings is 8. The molecule has 1 atom stereocenters. The fraction of sp³-hybridized carbons (Fsp3) is 0.0370. The molecule has 0 spiro atoms.